The summed E-state index contributed by atoms with van der Waals surface area (Å²) in [6.07, 6.45) is 2.12. The minimum atomic E-state index is 0.0350. The fourth-order valence-corrected chi connectivity index (χ4v) is 4.99. The van der Waals surface area contributed by atoms with E-state index in [0.29, 0.717) is 0 Å². The zero-order valence-electron chi connectivity index (χ0n) is 16.7. The van der Waals surface area contributed by atoms with Crippen molar-refractivity contribution in [1.29, 1.82) is 0 Å². The summed E-state index contributed by atoms with van der Waals surface area (Å²) in [4.78, 5) is 0.817. The first-order valence-electron chi connectivity index (χ1n) is 9.38. The highest BCUT2D eigenvalue weighted by atomic mass is 32.1. The SMILES string of the molecule is Cc1c(-c2c3c(cc[n+]2C)sc2nnnn23)cc(C(C)(C)C)c2ccccc12. The van der Waals surface area contributed by atoms with Gasteiger partial charge >= 0.3 is 0 Å². The van der Waals surface area contributed by atoms with Crippen LogP contribution < -0.4 is 4.57 Å². The van der Waals surface area contributed by atoms with Crippen LogP contribution in [-0.2, 0) is 12.5 Å². The molecular formula is C22H22N5S+. The van der Waals surface area contributed by atoms with Crippen LogP contribution in [0, 0.1) is 6.92 Å². The molecular weight excluding hydrogens is 366 g/mol. The summed E-state index contributed by atoms with van der Waals surface area (Å²) < 4.78 is 5.20. The molecule has 0 aliphatic rings. The molecule has 0 amide bonds. The van der Waals surface area contributed by atoms with E-state index in [-0.39, 0.29) is 5.41 Å². The first-order valence-corrected chi connectivity index (χ1v) is 10.2. The average molecular weight is 389 g/mol. The van der Waals surface area contributed by atoms with Gasteiger partial charge in [0.15, 0.2) is 11.7 Å². The Hall–Kier alpha value is -2.86. The van der Waals surface area contributed by atoms with Crippen molar-refractivity contribution in [2.24, 2.45) is 7.05 Å². The number of hydrogen-bond donors (Lipinski definition) is 0. The van der Waals surface area contributed by atoms with Gasteiger partial charge in [0, 0.05) is 6.07 Å². The Balaban J connectivity index is 1.98. The molecule has 6 heteroatoms. The second kappa shape index (κ2) is 5.82. The summed E-state index contributed by atoms with van der Waals surface area (Å²) in [6.45, 7) is 9.04. The maximum Gasteiger partial charge on any atom is 0.240 e. The lowest BCUT2D eigenvalue weighted by molar-refractivity contribution is -0.659. The normalized spacial score (nSPS) is 12.5. The topological polar surface area (TPSA) is 47.0 Å². The summed E-state index contributed by atoms with van der Waals surface area (Å²) in [7, 11) is 2.09. The lowest BCUT2D eigenvalue weighted by atomic mass is 9.80. The van der Waals surface area contributed by atoms with Crippen molar-refractivity contribution in [2.75, 3.05) is 0 Å². The van der Waals surface area contributed by atoms with Crippen LogP contribution >= 0.6 is 11.3 Å². The molecule has 5 nitrogen and oxygen atoms in total. The Morgan fingerprint density at radius 1 is 1.07 bits per heavy atom. The summed E-state index contributed by atoms with van der Waals surface area (Å²) in [5.74, 6) is 0. The molecule has 28 heavy (non-hydrogen) atoms. The Morgan fingerprint density at radius 2 is 1.82 bits per heavy atom. The van der Waals surface area contributed by atoms with E-state index in [2.05, 4.69) is 97.4 Å². The predicted molar refractivity (Wildman–Crippen MR) is 114 cm³/mol. The van der Waals surface area contributed by atoms with Crippen LogP contribution in [0.15, 0.2) is 42.6 Å². The van der Waals surface area contributed by atoms with Crippen molar-refractivity contribution in [1.82, 2.24) is 20.0 Å². The van der Waals surface area contributed by atoms with Crippen molar-refractivity contribution in [3.05, 3.63) is 53.7 Å². The van der Waals surface area contributed by atoms with E-state index in [1.165, 1.54) is 27.5 Å². The third-order valence-electron chi connectivity index (χ3n) is 5.49. The summed E-state index contributed by atoms with van der Waals surface area (Å²) in [5, 5.41) is 14.9. The van der Waals surface area contributed by atoms with Crippen LogP contribution in [0.3, 0.4) is 0 Å². The molecule has 0 saturated heterocycles. The number of thiazole rings is 1. The van der Waals surface area contributed by atoms with Gasteiger partial charge in [-0.3, -0.25) is 0 Å². The second-order valence-corrected chi connectivity index (χ2v) is 9.36. The first-order chi connectivity index (χ1) is 13.4. The fraction of sp³-hybridized carbons (Fsp3) is 0.273. The number of nitrogens with zero attached hydrogens (tertiary/aromatic N) is 5. The average Bonchev–Trinajstić information content (AvgIpc) is 3.23. The molecule has 0 fully saturated rings. The number of pyridine rings is 1. The molecule has 0 atom stereocenters. The highest BCUT2D eigenvalue weighted by molar-refractivity contribution is 7.23. The standard InChI is InChI=1S/C22H22N5S/c1-13-14-8-6-7-9-15(14)17(22(2,3)4)12-16(13)19-20-18(10-11-26(19)5)28-21-23-24-25-27(20)21/h6-12H,1-5H3/q+1. The lowest BCUT2D eigenvalue weighted by Crippen LogP contribution is -2.31. The zero-order chi connectivity index (χ0) is 19.6. The van der Waals surface area contributed by atoms with Gasteiger partial charge in [-0.15, -0.1) is 0 Å². The van der Waals surface area contributed by atoms with Crippen LogP contribution in [0.25, 0.3) is 37.2 Å². The van der Waals surface area contributed by atoms with Crippen molar-refractivity contribution < 1.29 is 4.57 Å². The third-order valence-corrected chi connectivity index (χ3v) is 6.48. The predicted octanol–water partition coefficient (Wildman–Crippen LogP) is 4.59. The Kier molecular flexibility index (Phi) is 3.58. The van der Waals surface area contributed by atoms with Crippen LogP contribution in [0.5, 0.6) is 0 Å². The molecule has 5 aromatic rings. The van der Waals surface area contributed by atoms with Crippen LogP contribution in [-0.4, -0.2) is 20.0 Å². The minimum Gasteiger partial charge on any atom is -0.199 e. The molecule has 0 saturated carbocycles. The second-order valence-electron chi connectivity index (χ2n) is 8.36. The number of rotatable bonds is 1. The number of aromatic nitrogens is 5. The van der Waals surface area contributed by atoms with E-state index >= 15 is 0 Å². The highest BCUT2D eigenvalue weighted by Gasteiger charge is 2.27. The number of hydrogen-bond acceptors (Lipinski definition) is 4. The number of benzene rings is 2. The number of tetrazole rings is 1. The molecule has 0 bridgehead atoms. The van der Waals surface area contributed by atoms with Crippen molar-refractivity contribution in [3.8, 4) is 11.3 Å². The molecule has 0 radical (unpaired) electrons. The fourth-order valence-electron chi connectivity index (χ4n) is 4.09. The quantitative estimate of drug-likeness (QED) is 0.395. The van der Waals surface area contributed by atoms with Gasteiger partial charge in [-0.25, -0.2) is 0 Å². The van der Waals surface area contributed by atoms with Gasteiger partial charge in [-0.1, -0.05) is 61.5 Å². The van der Waals surface area contributed by atoms with Gasteiger partial charge in [0.1, 0.15) is 7.05 Å². The zero-order valence-corrected chi connectivity index (χ0v) is 17.5. The van der Waals surface area contributed by atoms with E-state index in [1.54, 1.807) is 11.3 Å². The maximum atomic E-state index is 4.25. The van der Waals surface area contributed by atoms with Gasteiger partial charge in [0.2, 0.25) is 10.7 Å². The summed E-state index contributed by atoms with van der Waals surface area (Å²) in [6, 6.07) is 13.2. The van der Waals surface area contributed by atoms with Gasteiger partial charge in [-0.05, 0) is 50.7 Å². The van der Waals surface area contributed by atoms with Gasteiger partial charge < -0.3 is 0 Å². The minimum absolute atomic E-state index is 0.0350. The highest BCUT2D eigenvalue weighted by Crippen LogP contribution is 2.39. The van der Waals surface area contributed by atoms with Crippen LogP contribution in [0.1, 0.15) is 31.9 Å². The Morgan fingerprint density at radius 3 is 2.57 bits per heavy atom. The molecule has 2 aromatic carbocycles. The smallest absolute Gasteiger partial charge is 0.199 e. The van der Waals surface area contributed by atoms with E-state index in [0.717, 1.165) is 20.9 Å². The van der Waals surface area contributed by atoms with Crippen molar-refractivity contribution in [3.63, 3.8) is 0 Å². The lowest BCUT2D eigenvalue weighted by Gasteiger charge is -2.23. The van der Waals surface area contributed by atoms with Crippen molar-refractivity contribution in [2.45, 2.75) is 33.1 Å². The molecule has 0 N–H and O–H groups in total. The van der Waals surface area contributed by atoms with E-state index < -0.39 is 0 Å². The number of fused-ring (bicyclic) bond motifs is 4. The van der Waals surface area contributed by atoms with Gasteiger partial charge in [-0.2, -0.15) is 9.08 Å². The molecule has 0 aliphatic carbocycles. The third kappa shape index (κ3) is 2.37. The number of aryl methyl sites for hydroxylation is 2. The monoisotopic (exact) mass is 388 g/mol. The van der Waals surface area contributed by atoms with Crippen molar-refractivity contribution >= 4 is 37.3 Å². The first kappa shape index (κ1) is 17.3. The Labute approximate surface area is 167 Å². The van der Waals surface area contributed by atoms with E-state index in [9.17, 15) is 0 Å². The van der Waals surface area contributed by atoms with Crippen LogP contribution in [0.2, 0.25) is 0 Å². The Bertz CT molecular complexity index is 1370. The van der Waals surface area contributed by atoms with Gasteiger partial charge in [0.25, 0.3) is 0 Å². The molecule has 0 spiro atoms. The van der Waals surface area contributed by atoms with Gasteiger partial charge in [0.05, 0.1) is 10.3 Å². The molecule has 5 rings (SSSR count). The largest absolute Gasteiger partial charge is 0.240 e. The molecule has 140 valence electrons. The summed E-state index contributed by atoms with van der Waals surface area (Å²) >= 11 is 1.62. The molecule has 0 aliphatic heterocycles. The molecule has 3 heterocycles. The van der Waals surface area contributed by atoms with Crippen LogP contribution in [0.4, 0.5) is 0 Å². The molecule has 0 unspecified atom stereocenters. The summed E-state index contributed by atoms with van der Waals surface area (Å²) in [5.41, 5.74) is 6.10. The van der Waals surface area contributed by atoms with E-state index in [4.69, 9.17) is 0 Å². The molecule has 3 aromatic heterocycles. The maximum absolute atomic E-state index is 4.25. The van der Waals surface area contributed by atoms with E-state index in [1.807, 2.05) is 4.52 Å².